The van der Waals surface area contributed by atoms with Gasteiger partial charge in [0.1, 0.15) is 0 Å². The lowest BCUT2D eigenvalue weighted by atomic mass is 9.74. The Labute approximate surface area is 118 Å². The van der Waals surface area contributed by atoms with Crippen LogP contribution in [0.2, 0.25) is 0 Å². The van der Waals surface area contributed by atoms with E-state index in [1.807, 2.05) is 0 Å². The first-order chi connectivity index (χ1) is 8.72. The molecule has 0 bridgehead atoms. The molecule has 0 saturated heterocycles. The molecular weight excluding hydrogens is 240 g/mol. The van der Waals surface area contributed by atoms with E-state index in [4.69, 9.17) is 12.2 Å². The Kier molecular flexibility index (Phi) is 7.64. The van der Waals surface area contributed by atoms with Gasteiger partial charge in [-0.05, 0) is 43.3 Å². The molecule has 1 rings (SSSR count). The van der Waals surface area contributed by atoms with E-state index < -0.39 is 0 Å². The molecule has 2 unspecified atom stereocenters. The fourth-order valence-electron chi connectivity index (χ4n) is 3.12. The van der Waals surface area contributed by atoms with Crippen molar-refractivity contribution in [3.8, 4) is 0 Å². The highest BCUT2D eigenvalue weighted by atomic mass is 32.1. The summed E-state index contributed by atoms with van der Waals surface area (Å²) in [4.78, 5) is 0. The van der Waals surface area contributed by atoms with E-state index in [0.29, 0.717) is 6.04 Å². The zero-order chi connectivity index (χ0) is 13.4. The molecule has 106 valence electrons. The standard InChI is InChI=1S/C15H30N2S/c1-4-7-11-16-15(18)17-14-12(5-2)9-8-10-13(14)6-3/h12-14H,4-11H2,1-3H3,(H2,16,17,18). The van der Waals surface area contributed by atoms with E-state index in [9.17, 15) is 0 Å². The van der Waals surface area contributed by atoms with Gasteiger partial charge < -0.3 is 10.6 Å². The third kappa shape index (κ3) is 4.75. The fourth-order valence-corrected chi connectivity index (χ4v) is 3.36. The Morgan fingerprint density at radius 2 is 1.72 bits per heavy atom. The lowest BCUT2D eigenvalue weighted by Gasteiger charge is -2.38. The molecule has 2 N–H and O–H groups in total. The van der Waals surface area contributed by atoms with Gasteiger partial charge in [0, 0.05) is 12.6 Å². The maximum absolute atomic E-state index is 5.43. The molecule has 2 atom stereocenters. The zero-order valence-electron chi connectivity index (χ0n) is 12.3. The molecule has 18 heavy (non-hydrogen) atoms. The maximum Gasteiger partial charge on any atom is 0.166 e. The molecule has 0 radical (unpaired) electrons. The molecule has 0 aliphatic heterocycles. The number of hydrogen-bond donors (Lipinski definition) is 2. The summed E-state index contributed by atoms with van der Waals surface area (Å²) in [6, 6.07) is 0.593. The summed E-state index contributed by atoms with van der Waals surface area (Å²) >= 11 is 5.43. The van der Waals surface area contributed by atoms with Crippen LogP contribution in [-0.2, 0) is 0 Å². The van der Waals surface area contributed by atoms with Crippen LogP contribution in [0.4, 0.5) is 0 Å². The van der Waals surface area contributed by atoms with Crippen molar-refractivity contribution in [2.45, 2.75) is 71.8 Å². The average Bonchev–Trinajstić information content (AvgIpc) is 2.39. The van der Waals surface area contributed by atoms with Crippen molar-refractivity contribution in [1.82, 2.24) is 10.6 Å². The van der Waals surface area contributed by atoms with Crippen molar-refractivity contribution >= 4 is 17.3 Å². The van der Waals surface area contributed by atoms with Crippen molar-refractivity contribution in [2.75, 3.05) is 6.54 Å². The molecule has 0 amide bonds. The second kappa shape index (κ2) is 8.73. The van der Waals surface area contributed by atoms with Gasteiger partial charge in [0.25, 0.3) is 0 Å². The van der Waals surface area contributed by atoms with Crippen molar-refractivity contribution in [3.63, 3.8) is 0 Å². The largest absolute Gasteiger partial charge is 0.363 e. The van der Waals surface area contributed by atoms with Crippen LogP contribution >= 0.6 is 12.2 Å². The van der Waals surface area contributed by atoms with Gasteiger partial charge in [-0.3, -0.25) is 0 Å². The minimum Gasteiger partial charge on any atom is -0.363 e. The topological polar surface area (TPSA) is 24.1 Å². The van der Waals surface area contributed by atoms with Crippen molar-refractivity contribution < 1.29 is 0 Å². The van der Waals surface area contributed by atoms with Gasteiger partial charge in [0.2, 0.25) is 0 Å². The number of thiocarbonyl (C=S) groups is 1. The summed E-state index contributed by atoms with van der Waals surface area (Å²) in [5, 5.41) is 7.81. The molecule has 0 aromatic carbocycles. The Bertz CT molecular complexity index is 231. The number of nitrogens with one attached hydrogen (secondary N) is 2. The quantitative estimate of drug-likeness (QED) is 0.566. The molecular formula is C15H30N2S. The molecule has 1 saturated carbocycles. The monoisotopic (exact) mass is 270 g/mol. The van der Waals surface area contributed by atoms with Gasteiger partial charge in [-0.1, -0.05) is 46.5 Å². The molecule has 1 aliphatic carbocycles. The van der Waals surface area contributed by atoms with Crippen molar-refractivity contribution in [2.24, 2.45) is 11.8 Å². The molecule has 0 heterocycles. The van der Waals surface area contributed by atoms with Gasteiger partial charge >= 0.3 is 0 Å². The maximum atomic E-state index is 5.43. The third-order valence-electron chi connectivity index (χ3n) is 4.33. The van der Waals surface area contributed by atoms with E-state index in [1.54, 1.807) is 0 Å². The zero-order valence-corrected chi connectivity index (χ0v) is 13.1. The molecule has 1 fully saturated rings. The van der Waals surface area contributed by atoms with Crippen LogP contribution in [0.3, 0.4) is 0 Å². The van der Waals surface area contributed by atoms with Gasteiger partial charge in [0.05, 0.1) is 0 Å². The van der Waals surface area contributed by atoms with Gasteiger partial charge in [0.15, 0.2) is 5.11 Å². The van der Waals surface area contributed by atoms with E-state index in [-0.39, 0.29) is 0 Å². The van der Waals surface area contributed by atoms with E-state index in [2.05, 4.69) is 31.4 Å². The smallest absolute Gasteiger partial charge is 0.166 e. The number of hydrogen-bond acceptors (Lipinski definition) is 1. The summed E-state index contributed by atoms with van der Waals surface area (Å²) in [6.45, 7) is 7.83. The van der Waals surface area contributed by atoms with Crippen LogP contribution in [0.15, 0.2) is 0 Å². The highest BCUT2D eigenvalue weighted by Gasteiger charge is 2.31. The average molecular weight is 270 g/mol. The van der Waals surface area contributed by atoms with Gasteiger partial charge in [-0.25, -0.2) is 0 Å². The second-order valence-electron chi connectivity index (χ2n) is 5.55. The molecule has 0 spiro atoms. The summed E-state index contributed by atoms with van der Waals surface area (Å²) in [5.74, 6) is 1.60. The first-order valence-corrected chi connectivity index (χ1v) is 8.18. The van der Waals surface area contributed by atoms with Crippen LogP contribution in [0, 0.1) is 11.8 Å². The van der Waals surface area contributed by atoms with Gasteiger partial charge in [-0.2, -0.15) is 0 Å². The summed E-state index contributed by atoms with van der Waals surface area (Å²) in [5.41, 5.74) is 0. The molecule has 0 aromatic rings. The Balaban J connectivity index is 2.45. The Morgan fingerprint density at radius 3 is 2.22 bits per heavy atom. The third-order valence-corrected chi connectivity index (χ3v) is 4.59. The predicted octanol–water partition coefficient (Wildman–Crippen LogP) is 3.86. The highest BCUT2D eigenvalue weighted by Crippen LogP contribution is 2.33. The van der Waals surface area contributed by atoms with Crippen LogP contribution in [0.5, 0.6) is 0 Å². The van der Waals surface area contributed by atoms with Crippen molar-refractivity contribution in [1.29, 1.82) is 0 Å². The minimum absolute atomic E-state index is 0.593. The first kappa shape index (κ1) is 15.7. The van der Waals surface area contributed by atoms with Crippen LogP contribution < -0.4 is 10.6 Å². The second-order valence-corrected chi connectivity index (χ2v) is 5.96. The first-order valence-electron chi connectivity index (χ1n) is 7.77. The SMILES string of the molecule is CCCCNC(=S)NC1C(CC)CCCC1CC. The molecule has 3 heteroatoms. The summed E-state index contributed by atoms with van der Waals surface area (Å²) in [6.07, 6.45) is 9.07. The Morgan fingerprint density at radius 1 is 1.11 bits per heavy atom. The van der Waals surface area contributed by atoms with E-state index in [0.717, 1.165) is 23.5 Å². The minimum atomic E-state index is 0.593. The molecule has 0 aromatic heterocycles. The normalized spacial score (nSPS) is 27.8. The lowest BCUT2D eigenvalue weighted by molar-refractivity contribution is 0.193. The molecule has 1 aliphatic rings. The number of rotatable bonds is 6. The Hall–Kier alpha value is -0.310. The van der Waals surface area contributed by atoms with E-state index in [1.165, 1.54) is 44.9 Å². The van der Waals surface area contributed by atoms with Crippen LogP contribution in [0.1, 0.15) is 65.7 Å². The van der Waals surface area contributed by atoms with Gasteiger partial charge in [-0.15, -0.1) is 0 Å². The summed E-state index contributed by atoms with van der Waals surface area (Å²) in [7, 11) is 0. The van der Waals surface area contributed by atoms with Crippen molar-refractivity contribution in [3.05, 3.63) is 0 Å². The van der Waals surface area contributed by atoms with Crippen LogP contribution in [0.25, 0.3) is 0 Å². The number of unbranched alkanes of at least 4 members (excludes halogenated alkanes) is 1. The lowest BCUT2D eigenvalue weighted by Crippen LogP contribution is -2.50. The summed E-state index contributed by atoms with van der Waals surface area (Å²) < 4.78 is 0. The fraction of sp³-hybridized carbons (Fsp3) is 0.933. The van der Waals surface area contributed by atoms with E-state index >= 15 is 0 Å². The predicted molar refractivity (Wildman–Crippen MR) is 83.8 cm³/mol. The highest BCUT2D eigenvalue weighted by molar-refractivity contribution is 7.80. The molecule has 2 nitrogen and oxygen atoms in total. The van der Waals surface area contributed by atoms with Crippen LogP contribution in [-0.4, -0.2) is 17.7 Å².